The number of halogens is 1. The lowest BCUT2D eigenvalue weighted by Gasteiger charge is -2.03. The summed E-state index contributed by atoms with van der Waals surface area (Å²) in [6, 6.07) is 7.76. The van der Waals surface area contributed by atoms with Gasteiger partial charge in [0.15, 0.2) is 0 Å². The second-order valence-electron chi connectivity index (χ2n) is 4.18. The van der Waals surface area contributed by atoms with Gasteiger partial charge in [-0.15, -0.1) is 11.3 Å². The molecule has 0 aliphatic carbocycles. The first-order valence-corrected chi connectivity index (χ1v) is 6.85. The maximum atomic E-state index is 5.86. The van der Waals surface area contributed by atoms with Gasteiger partial charge < -0.3 is 5.73 Å². The van der Waals surface area contributed by atoms with Crippen molar-refractivity contribution in [2.24, 2.45) is 11.7 Å². The molecule has 90 valence electrons. The summed E-state index contributed by atoms with van der Waals surface area (Å²) in [5, 5.41) is 3.98. The van der Waals surface area contributed by atoms with E-state index in [9.17, 15) is 0 Å². The van der Waals surface area contributed by atoms with Gasteiger partial charge in [-0.2, -0.15) is 0 Å². The molecular weight excluding hydrogens is 252 g/mol. The van der Waals surface area contributed by atoms with Gasteiger partial charge in [0, 0.05) is 22.4 Å². The molecule has 4 heteroatoms. The number of thiazole rings is 1. The van der Waals surface area contributed by atoms with Gasteiger partial charge in [0.2, 0.25) is 0 Å². The molecule has 0 fully saturated rings. The third kappa shape index (κ3) is 3.28. The standard InChI is InChI=1S/C13H15ClN2S/c1-9(7-15)6-13-16-12(8-17-13)10-2-4-11(14)5-3-10/h2-5,8-9H,6-7,15H2,1H3. The van der Waals surface area contributed by atoms with Crippen molar-refractivity contribution < 1.29 is 0 Å². The van der Waals surface area contributed by atoms with Gasteiger partial charge in [0.1, 0.15) is 0 Å². The number of aromatic nitrogens is 1. The monoisotopic (exact) mass is 266 g/mol. The second kappa shape index (κ2) is 5.63. The summed E-state index contributed by atoms with van der Waals surface area (Å²) in [4.78, 5) is 4.62. The molecule has 0 spiro atoms. The smallest absolute Gasteiger partial charge is 0.0935 e. The van der Waals surface area contributed by atoms with Crippen LogP contribution in [0.3, 0.4) is 0 Å². The summed E-state index contributed by atoms with van der Waals surface area (Å²) in [5.41, 5.74) is 7.74. The van der Waals surface area contributed by atoms with Crippen molar-refractivity contribution in [2.45, 2.75) is 13.3 Å². The zero-order chi connectivity index (χ0) is 12.3. The average molecular weight is 267 g/mol. The van der Waals surface area contributed by atoms with E-state index in [-0.39, 0.29) is 0 Å². The van der Waals surface area contributed by atoms with Crippen molar-refractivity contribution in [3.63, 3.8) is 0 Å². The summed E-state index contributed by atoms with van der Waals surface area (Å²) >= 11 is 7.55. The van der Waals surface area contributed by atoms with E-state index in [4.69, 9.17) is 17.3 Å². The van der Waals surface area contributed by atoms with Gasteiger partial charge >= 0.3 is 0 Å². The molecule has 0 saturated carbocycles. The van der Waals surface area contributed by atoms with Gasteiger partial charge in [-0.25, -0.2) is 4.98 Å². The highest BCUT2D eigenvalue weighted by Crippen LogP contribution is 2.24. The van der Waals surface area contributed by atoms with Crippen molar-refractivity contribution in [3.8, 4) is 11.3 Å². The van der Waals surface area contributed by atoms with E-state index in [0.717, 1.165) is 27.7 Å². The van der Waals surface area contributed by atoms with Crippen molar-refractivity contribution in [2.75, 3.05) is 6.54 Å². The predicted molar refractivity (Wildman–Crippen MR) is 74.5 cm³/mol. The van der Waals surface area contributed by atoms with Crippen LogP contribution in [0.4, 0.5) is 0 Å². The Balaban J connectivity index is 2.15. The lowest BCUT2D eigenvalue weighted by atomic mass is 10.1. The highest BCUT2D eigenvalue weighted by Gasteiger charge is 2.07. The molecule has 0 saturated heterocycles. The van der Waals surface area contributed by atoms with Crippen molar-refractivity contribution in [1.29, 1.82) is 0 Å². The Kier molecular flexibility index (Phi) is 4.15. The number of nitrogens with zero attached hydrogens (tertiary/aromatic N) is 1. The number of hydrogen-bond donors (Lipinski definition) is 1. The predicted octanol–water partition coefficient (Wildman–Crippen LogP) is 3.60. The zero-order valence-electron chi connectivity index (χ0n) is 9.69. The lowest BCUT2D eigenvalue weighted by molar-refractivity contribution is 0.591. The molecule has 17 heavy (non-hydrogen) atoms. The maximum Gasteiger partial charge on any atom is 0.0935 e. The molecule has 1 atom stereocenters. The number of nitrogens with two attached hydrogens (primary N) is 1. The van der Waals surface area contributed by atoms with E-state index in [1.54, 1.807) is 11.3 Å². The lowest BCUT2D eigenvalue weighted by Crippen LogP contribution is -2.12. The average Bonchev–Trinajstić information content (AvgIpc) is 2.78. The van der Waals surface area contributed by atoms with Crippen LogP contribution in [-0.4, -0.2) is 11.5 Å². The number of rotatable bonds is 4. The molecule has 1 heterocycles. The Bertz CT molecular complexity index is 478. The van der Waals surface area contributed by atoms with Crippen LogP contribution in [-0.2, 0) is 6.42 Å². The van der Waals surface area contributed by atoms with E-state index in [1.165, 1.54) is 0 Å². The van der Waals surface area contributed by atoms with Crippen LogP contribution < -0.4 is 5.73 Å². The van der Waals surface area contributed by atoms with Crippen molar-refractivity contribution >= 4 is 22.9 Å². The molecule has 2 nitrogen and oxygen atoms in total. The van der Waals surface area contributed by atoms with Crippen LogP contribution in [0, 0.1) is 5.92 Å². The second-order valence-corrected chi connectivity index (χ2v) is 5.56. The molecule has 1 aromatic carbocycles. The van der Waals surface area contributed by atoms with E-state index in [2.05, 4.69) is 17.3 Å². The maximum absolute atomic E-state index is 5.86. The fourth-order valence-electron chi connectivity index (χ4n) is 1.54. The minimum Gasteiger partial charge on any atom is -0.330 e. The molecule has 2 rings (SSSR count). The van der Waals surface area contributed by atoms with Gasteiger partial charge in [0.25, 0.3) is 0 Å². The normalized spacial score (nSPS) is 12.6. The Morgan fingerprint density at radius 2 is 2.06 bits per heavy atom. The highest BCUT2D eigenvalue weighted by atomic mass is 35.5. The fourth-order valence-corrected chi connectivity index (χ4v) is 2.63. The van der Waals surface area contributed by atoms with Crippen molar-refractivity contribution in [3.05, 3.63) is 39.7 Å². The third-order valence-electron chi connectivity index (χ3n) is 2.62. The van der Waals surface area contributed by atoms with Gasteiger partial charge in [-0.1, -0.05) is 30.7 Å². The van der Waals surface area contributed by atoms with E-state index < -0.39 is 0 Å². The summed E-state index contributed by atoms with van der Waals surface area (Å²) in [7, 11) is 0. The molecule has 0 radical (unpaired) electrons. The first-order valence-electron chi connectivity index (χ1n) is 5.59. The molecule has 2 aromatic rings. The van der Waals surface area contributed by atoms with E-state index in [0.29, 0.717) is 12.5 Å². The van der Waals surface area contributed by atoms with Gasteiger partial charge in [-0.3, -0.25) is 0 Å². The highest BCUT2D eigenvalue weighted by molar-refractivity contribution is 7.09. The summed E-state index contributed by atoms with van der Waals surface area (Å²) in [6.07, 6.45) is 0.953. The molecule has 0 amide bonds. The summed E-state index contributed by atoms with van der Waals surface area (Å²) < 4.78 is 0. The Labute approximate surface area is 110 Å². The number of benzene rings is 1. The quantitative estimate of drug-likeness (QED) is 0.918. The molecule has 1 unspecified atom stereocenters. The summed E-state index contributed by atoms with van der Waals surface area (Å²) in [5.74, 6) is 0.485. The molecule has 2 N–H and O–H groups in total. The molecule has 1 aromatic heterocycles. The Hall–Kier alpha value is -0.900. The van der Waals surface area contributed by atoms with Crippen LogP contribution in [0.25, 0.3) is 11.3 Å². The van der Waals surface area contributed by atoms with Crippen LogP contribution >= 0.6 is 22.9 Å². The fraction of sp³-hybridized carbons (Fsp3) is 0.308. The Morgan fingerprint density at radius 1 is 1.35 bits per heavy atom. The van der Waals surface area contributed by atoms with Crippen LogP contribution in [0.2, 0.25) is 5.02 Å². The van der Waals surface area contributed by atoms with Crippen molar-refractivity contribution in [1.82, 2.24) is 4.98 Å². The molecule has 0 aliphatic heterocycles. The topological polar surface area (TPSA) is 38.9 Å². The Morgan fingerprint density at radius 3 is 2.71 bits per heavy atom. The van der Waals surface area contributed by atoms with Gasteiger partial charge in [-0.05, 0) is 24.6 Å². The minimum absolute atomic E-state index is 0.485. The third-order valence-corrected chi connectivity index (χ3v) is 3.74. The minimum atomic E-state index is 0.485. The van der Waals surface area contributed by atoms with Crippen LogP contribution in [0.5, 0.6) is 0 Å². The number of hydrogen-bond acceptors (Lipinski definition) is 3. The molecule has 0 bridgehead atoms. The van der Waals surface area contributed by atoms with Crippen LogP contribution in [0.15, 0.2) is 29.6 Å². The molecule has 0 aliphatic rings. The first-order chi connectivity index (χ1) is 8.19. The SMILES string of the molecule is CC(CN)Cc1nc(-c2ccc(Cl)cc2)cs1. The van der Waals surface area contributed by atoms with E-state index in [1.807, 2.05) is 24.3 Å². The van der Waals surface area contributed by atoms with Crippen LogP contribution in [0.1, 0.15) is 11.9 Å². The largest absolute Gasteiger partial charge is 0.330 e. The first kappa shape index (κ1) is 12.6. The molecular formula is C13H15ClN2S. The summed E-state index contributed by atoms with van der Waals surface area (Å²) in [6.45, 7) is 2.85. The van der Waals surface area contributed by atoms with E-state index >= 15 is 0 Å². The van der Waals surface area contributed by atoms with Gasteiger partial charge in [0.05, 0.1) is 10.7 Å². The zero-order valence-corrected chi connectivity index (χ0v) is 11.3.